The number of hydrogen-bond donors (Lipinski definition) is 2. The topological polar surface area (TPSA) is 64.3 Å². The van der Waals surface area contributed by atoms with Crippen molar-refractivity contribution in [2.75, 3.05) is 13.2 Å². The zero-order valence-electron chi connectivity index (χ0n) is 11.5. The van der Waals surface area contributed by atoms with E-state index in [1.54, 1.807) is 0 Å². The van der Waals surface area contributed by atoms with E-state index in [0.717, 1.165) is 13.0 Å². The molecule has 1 aliphatic rings. The van der Waals surface area contributed by atoms with Crippen LogP contribution in [0.25, 0.3) is 0 Å². The SMILES string of the molecule is CC(C)COC1CC(NCCC(N)=O)C1(C)C. The van der Waals surface area contributed by atoms with Gasteiger partial charge >= 0.3 is 0 Å². The maximum Gasteiger partial charge on any atom is 0.218 e. The Morgan fingerprint density at radius 3 is 2.65 bits per heavy atom. The Hall–Kier alpha value is -0.610. The third-order valence-electron chi connectivity index (χ3n) is 3.57. The van der Waals surface area contributed by atoms with Crippen LogP contribution in [0.5, 0.6) is 0 Å². The average molecular weight is 242 g/mol. The van der Waals surface area contributed by atoms with Crippen molar-refractivity contribution in [2.24, 2.45) is 17.1 Å². The van der Waals surface area contributed by atoms with E-state index in [0.29, 0.717) is 31.0 Å². The van der Waals surface area contributed by atoms with Crippen LogP contribution < -0.4 is 11.1 Å². The molecule has 1 fully saturated rings. The molecule has 4 heteroatoms. The van der Waals surface area contributed by atoms with Crippen molar-refractivity contribution in [3.05, 3.63) is 0 Å². The molecule has 0 aliphatic heterocycles. The molecule has 0 aromatic heterocycles. The number of primary amides is 1. The van der Waals surface area contributed by atoms with E-state index in [4.69, 9.17) is 10.5 Å². The molecule has 1 amide bonds. The molecule has 3 N–H and O–H groups in total. The lowest BCUT2D eigenvalue weighted by Gasteiger charge is -2.52. The number of ether oxygens (including phenoxy) is 1. The van der Waals surface area contributed by atoms with Gasteiger partial charge in [-0.15, -0.1) is 0 Å². The highest BCUT2D eigenvalue weighted by Gasteiger charge is 2.48. The van der Waals surface area contributed by atoms with Gasteiger partial charge in [-0.3, -0.25) is 4.79 Å². The largest absolute Gasteiger partial charge is 0.377 e. The van der Waals surface area contributed by atoms with Gasteiger partial charge < -0.3 is 15.8 Å². The molecule has 2 unspecified atom stereocenters. The second-order valence-corrected chi connectivity index (χ2v) is 6.00. The summed E-state index contributed by atoms with van der Waals surface area (Å²) >= 11 is 0. The van der Waals surface area contributed by atoms with Crippen molar-refractivity contribution in [3.8, 4) is 0 Å². The maximum absolute atomic E-state index is 10.6. The molecule has 0 aromatic carbocycles. The second-order valence-electron chi connectivity index (χ2n) is 6.00. The smallest absolute Gasteiger partial charge is 0.218 e. The molecule has 4 nitrogen and oxygen atoms in total. The van der Waals surface area contributed by atoms with Crippen LogP contribution in [-0.4, -0.2) is 31.2 Å². The summed E-state index contributed by atoms with van der Waals surface area (Å²) in [5.74, 6) is 0.329. The predicted molar refractivity (Wildman–Crippen MR) is 68.6 cm³/mol. The first-order valence-electron chi connectivity index (χ1n) is 6.47. The van der Waals surface area contributed by atoms with Crippen LogP contribution in [0.4, 0.5) is 0 Å². The Bertz CT molecular complexity index is 264. The molecule has 1 saturated carbocycles. The summed E-state index contributed by atoms with van der Waals surface area (Å²) in [5, 5.41) is 3.38. The fourth-order valence-electron chi connectivity index (χ4n) is 2.19. The lowest BCUT2D eigenvalue weighted by Crippen LogP contribution is -2.61. The van der Waals surface area contributed by atoms with Gasteiger partial charge in [-0.2, -0.15) is 0 Å². The molecule has 2 atom stereocenters. The van der Waals surface area contributed by atoms with Crippen molar-refractivity contribution >= 4 is 5.91 Å². The third kappa shape index (κ3) is 3.96. The predicted octanol–water partition coefficient (Wildman–Crippen LogP) is 1.29. The normalized spacial score (nSPS) is 26.9. The van der Waals surface area contributed by atoms with Crippen molar-refractivity contribution < 1.29 is 9.53 Å². The summed E-state index contributed by atoms with van der Waals surface area (Å²) in [6.07, 6.45) is 1.76. The van der Waals surface area contributed by atoms with E-state index >= 15 is 0 Å². The molecule has 100 valence electrons. The molecule has 0 saturated heterocycles. The van der Waals surface area contributed by atoms with E-state index in [-0.39, 0.29) is 11.3 Å². The zero-order chi connectivity index (χ0) is 13.1. The van der Waals surface area contributed by atoms with Crippen molar-refractivity contribution in [1.29, 1.82) is 0 Å². The minimum atomic E-state index is -0.248. The van der Waals surface area contributed by atoms with E-state index in [1.807, 2.05) is 0 Å². The van der Waals surface area contributed by atoms with Crippen molar-refractivity contribution in [3.63, 3.8) is 0 Å². The van der Waals surface area contributed by atoms with E-state index < -0.39 is 0 Å². The highest BCUT2D eigenvalue weighted by atomic mass is 16.5. The molecular formula is C13H26N2O2. The number of rotatable bonds is 7. The first-order valence-corrected chi connectivity index (χ1v) is 6.47. The zero-order valence-corrected chi connectivity index (χ0v) is 11.5. The minimum Gasteiger partial charge on any atom is -0.377 e. The monoisotopic (exact) mass is 242 g/mol. The number of carbonyl (C=O) groups excluding carboxylic acids is 1. The van der Waals surface area contributed by atoms with Crippen LogP contribution in [0.1, 0.15) is 40.5 Å². The molecule has 0 aromatic rings. The second kappa shape index (κ2) is 5.83. The number of nitrogens with one attached hydrogen (secondary N) is 1. The summed E-state index contributed by atoms with van der Waals surface area (Å²) in [6.45, 7) is 10.2. The Morgan fingerprint density at radius 2 is 2.18 bits per heavy atom. The van der Waals surface area contributed by atoms with Crippen molar-refractivity contribution in [2.45, 2.75) is 52.7 Å². The number of nitrogens with two attached hydrogens (primary N) is 1. The summed E-state index contributed by atoms with van der Waals surface area (Å²) < 4.78 is 5.88. The quantitative estimate of drug-likeness (QED) is 0.707. The first-order chi connectivity index (χ1) is 7.84. The highest BCUT2D eigenvalue weighted by molar-refractivity contribution is 5.73. The van der Waals surface area contributed by atoms with Crippen LogP contribution in [0.15, 0.2) is 0 Å². The van der Waals surface area contributed by atoms with Gasteiger partial charge in [-0.1, -0.05) is 27.7 Å². The fraction of sp³-hybridized carbons (Fsp3) is 0.923. The van der Waals surface area contributed by atoms with Gasteiger partial charge in [0.05, 0.1) is 6.10 Å². The van der Waals surface area contributed by atoms with Gasteiger partial charge in [-0.05, 0) is 12.3 Å². The van der Waals surface area contributed by atoms with Crippen LogP contribution in [0.2, 0.25) is 0 Å². The van der Waals surface area contributed by atoms with Crippen LogP contribution in [-0.2, 0) is 9.53 Å². The number of carbonyl (C=O) groups is 1. The minimum absolute atomic E-state index is 0.145. The van der Waals surface area contributed by atoms with Crippen LogP contribution in [0.3, 0.4) is 0 Å². The third-order valence-corrected chi connectivity index (χ3v) is 3.57. The lowest BCUT2D eigenvalue weighted by atomic mass is 9.64. The molecule has 0 bridgehead atoms. The van der Waals surface area contributed by atoms with Gasteiger partial charge in [0.25, 0.3) is 0 Å². The summed E-state index contributed by atoms with van der Waals surface area (Å²) in [6, 6.07) is 0.430. The van der Waals surface area contributed by atoms with E-state index in [1.165, 1.54) is 0 Å². The maximum atomic E-state index is 10.6. The Balaban J connectivity index is 2.26. The molecule has 0 radical (unpaired) electrons. The highest BCUT2D eigenvalue weighted by Crippen LogP contribution is 2.42. The van der Waals surface area contributed by atoms with Gasteiger partial charge in [-0.25, -0.2) is 0 Å². The molecule has 0 heterocycles. The summed E-state index contributed by atoms with van der Waals surface area (Å²) in [5.41, 5.74) is 5.26. The Morgan fingerprint density at radius 1 is 1.53 bits per heavy atom. The van der Waals surface area contributed by atoms with Crippen LogP contribution >= 0.6 is 0 Å². The van der Waals surface area contributed by atoms with Gasteiger partial charge in [0.2, 0.25) is 5.91 Å². The number of hydrogen-bond acceptors (Lipinski definition) is 3. The summed E-state index contributed by atoms with van der Waals surface area (Å²) in [4.78, 5) is 10.6. The molecule has 17 heavy (non-hydrogen) atoms. The van der Waals surface area contributed by atoms with Gasteiger partial charge in [0.15, 0.2) is 0 Å². The Labute approximate surface area is 104 Å². The summed E-state index contributed by atoms with van der Waals surface area (Å²) in [7, 11) is 0. The first kappa shape index (κ1) is 14.5. The van der Waals surface area contributed by atoms with E-state index in [9.17, 15) is 4.79 Å². The number of amides is 1. The van der Waals surface area contributed by atoms with Crippen molar-refractivity contribution in [1.82, 2.24) is 5.32 Å². The molecule has 1 aliphatic carbocycles. The van der Waals surface area contributed by atoms with E-state index in [2.05, 4.69) is 33.0 Å². The van der Waals surface area contributed by atoms with Gasteiger partial charge in [0.1, 0.15) is 0 Å². The lowest BCUT2D eigenvalue weighted by molar-refractivity contribution is -0.125. The van der Waals surface area contributed by atoms with Crippen LogP contribution in [0, 0.1) is 11.3 Å². The van der Waals surface area contributed by atoms with Gasteiger partial charge in [0, 0.05) is 31.0 Å². The Kier molecular flexibility index (Phi) is 4.95. The standard InChI is InChI=1S/C13H26N2O2/c1-9(2)8-17-11-7-10(13(11,3)4)15-6-5-12(14)16/h9-11,15H,5-8H2,1-4H3,(H2,14,16). The molecular weight excluding hydrogens is 216 g/mol. The average Bonchev–Trinajstić information content (AvgIpc) is 2.20. The molecule has 0 spiro atoms. The molecule has 1 rings (SSSR count). The fourth-order valence-corrected chi connectivity index (χ4v) is 2.19.